The highest BCUT2D eigenvalue weighted by Crippen LogP contribution is 2.35. The molecule has 1 N–H and O–H groups in total. The van der Waals surface area contributed by atoms with Crippen LogP contribution in [-0.4, -0.2) is 44.2 Å². The fraction of sp³-hybridized carbons (Fsp3) is 0.263. The Morgan fingerprint density at radius 2 is 1.63 bits per heavy atom. The third-order valence-electron chi connectivity index (χ3n) is 4.00. The van der Waals surface area contributed by atoms with Crippen LogP contribution in [0.1, 0.15) is 17.3 Å². The molecule has 2 rings (SSSR count). The van der Waals surface area contributed by atoms with Gasteiger partial charge < -0.3 is 24.3 Å². The first-order valence-electron chi connectivity index (χ1n) is 8.47. The number of methoxy groups -OCH3 is 3. The monoisotopic (exact) mass is 438 g/mol. The number of hydrogen-bond donors (Lipinski definition) is 1. The van der Waals surface area contributed by atoms with Gasteiger partial charge in [0.1, 0.15) is 11.3 Å². The number of nitro groups is 1. The van der Waals surface area contributed by atoms with Gasteiger partial charge in [-0.15, -0.1) is 0 Å². The lowest BCUT2D eigenvalue weighted by atomic mass is 10.1. The van der Waals surface area contributed by atoms with E-state index < -0.39 is 22.9 Å². The molecule has 30 heavy (non-hydrogen) atoms. The van der Waals surface area contributed by atoms with E-state index in [4.69, 9.17) is 30.5 Å². The second-order valence-electron chi connectivity index (χ2n) is 5.87. The topological polar surface area (TPSA) is 126 Å². The van der Waals surface area contributed by atoms with Crippen LogP contribution in [0.15, 0.2) is 30.3 Å². The maximum Gasteiger partial charge on any atom is 0.342 e. The summed E-state index contributed by atoms with van der Waals surface area (Å²) < 4.78 is 20.7. The minimum atomic E-state index is -1.21. The Bertz CT molecular complexity index is 979. The minimum Gasteiger partial charge on any atom is -0.496 e. The van der Waals surface area contributed by atoms with Gasteiger partial charge in [-0.05, 0) is 13.0 Å². The molecule has 0 aliphatic rings. The summed E-state index contributed by atoms with van der Waals surface area (Å²) in [7, 11) is 4.21. The lowest BCUT2D eigenvalue weighted by Crippen LogP contribution is -2.30. The Morgan fingerprint density at radius 3 is 2.17 bits per heavy atom. The summed E-state index contributed by atoms with van der Waals surface area (Å²) in [6.45, 7) is 1.36. The van der Waals surface area contributed by atoms with Crippen LogP contribution < -0.4 is 19.5 Å². The van der Waals surface area contributed by atoms with Crippen LogP contribution in [0, 0.1) is 10.1 Å². The maximum atomic E-state index is 12.6. The van der Waals surface area contributed by atoms with Crippen molar-refractivity contribution in [3.05, 3.63) is 51.0 Å². The first kappa shape index (κ1) is 22.8. The van der Waals surface area contributed by atoms with E-state index in [0.717, 1.165) is 6.07 Å². The van der Waals surface area contributed by atoms with Crippen molar-refractivity contribution in [3.8, 4) is 17.2 Å². The molecule has 1 atom stereocenters. The van der Waals surface area contributed by atoms with Gasteiger partial charge in [-0.1, -0.05) is 11.6 Å². The average Bonchev–Trinajstić information content (AvgIpc) is 2.73. The van der Waals surface area contributed by atoms with E-state index in [1.165, 1.54) is 52.5 Å². The predicted octanol–water partition coefficient (Wildman–Crippen LogP) is 3.46. The summed E-state index contributed by atoms with van der Waals surface area (Å²) in [4.78, 5) is 35.1. The maximum absolute atomic E-state index is 12.6. The molecule has 10 nitrogen and oxygen atoms in total. The van der Waals surface area contributed by atoms with Crippen LogP contribution in [0.4, 0.5) is 11.4 Å². The summed E-state index contributed by atoms with van der Waals surface area (Å²) in [5, 5.41) is 13.2. The fourth-order valence-corrected chi connectivity index (χ4v) is 2.64. The number of ether oxygens (including phenoxy) is 4. The number of carbonyl (C=O) groups excluding carboxylic acids is 2. The highest BCUT2D eigenvalue weighted by molar-refractivity contribution is 6.34. The Morgan fingerprint density at radius 1 is 1.03 bits per heavy atom. The Labute approximate surface area is 176 Å². The van der Waals surface area contributed by atoms with Gasteiger partial charge in [0.2, 0.25) is 0 Å². The zero-order chi connectivity index (χ0) is 22.4. The van der Waals surface area contributed by atoms with E-state index in [1.54, 1.807) is 0 Å². The van der Waals surface area contributed by atoms with Crippen LogP contribution in [0.5, 0.6) is 17.2 Å². The van der Waals surface area contributed by atoms with Gasteiger partial charge in [0.15, 0.2) is 17.6 Å². The van der Waals surface area contributed by atoms with Gasteiger partial charge >= 0.3 is 5.97 Å². The van der Waals surface area contributed by atoms with Crippen LogP contribution in [0.25, 0.3) is 0 Å². The zero-order valence-electron chi connectivity index (χ0n) is 16.6. The number of halogens is 1. The van der Waals surface area contributed by atoms with Gasteiger partial charge in [0.05, 0.1) is 37.0 Å². The van der Waals surface area contributed by atoms with Gasteiger partial charge in [-0.2, -0.15) is 0 Å². The Balaban J connectivity index is 2.15. The third kappa shape index (κ3) is 5.09. The van der Waals surface area contributed by atoms with Crippen molar-refractivity contribution < 1.29 is 33.5 Å². The molecule has 160 valence electrons. The molecule has 0 saturated carbocycles. The van der Waals surface area contributed by atoms with Crippen molar-refractivity contribution in [1.82, 2.24) is 0 Å². The van der Waals surface area contributed by atoms with E-state index in [-0.39, 0.29) is 33.5 Å². The van der Waals surface area contributed by atoms with E-state index in [2.05, 4.69) is 5.32 Å². The number of anilines is 1. The standard InChI is InChI=1S/C19H19ClN2O8/c1-10(18(23)21-14-6-5-11(22(25)26)7-13(14)20)30-19(24)12-8-16(28-3)17(29-4)9-15(12)27-2/h5-10H,1-4H3,(H,21,23). The number of benzene rings is 2. The van der Waals surface area contributed by atoms with Gasteiger partial charge in [0, 0.05) is 24.3 Å². The number of nitro benzene ring substituents is 1. The van der Waals surface area contributed by atoms with Crippen molar-refractivity contribution in [3.63, 3.8) is 0 Å². The van der Waals surface area contributed by atoms with Gasteiger partial charge in [0.25, 0.3) is 11.6 Å². The first-order chi connectivity index (χ1) is 14.2. The molecular formula is C19H19ClN2O8. The summed E-state index contributed by atoms with van der Waals surface area (Å²) >= 11 is 5.96. The number of nitrogens with one attached hydrogen (secondary N) is 1. The van der Waals surface area contributed by atoms with E-state index in [0.29, 0.717) is 5.75 Å². The largest absolute Gasteiger partial charge is 0.496 e. The first-order valence-corrected chi connectivity index (χ1v) is 8.85. The van der Waals surface area contributed by atoms with Crippen molar-refractivity contribution >= 4 is 34.9 Å². The number of carbonyl (C=O) groups is 2. The number of rotatable bonds is 8. The summed E-state index contributed by atoms with van der Waals surface area (Å²) in [6.07, 6.45) is -1.21. The van der Waals surface area contributed by atoms with E-state index in [9.17, 15) is 19.7 Å². The summed E-state index contributed by atoms with van der Waals surface area (Å²) in [5.41, 5.74) is -0.0555. The zero-order valence-corrected chi connectivity index (χ0v) is 17.3. The molecular weight excluding hydrogens is 420 g/mol. The molecule has 0 bridgehead atoms. The van der Waals surface area contributed by atoms with Crippen LogP contribution in [0.3, 0.4) is 0 Å². The molecule has 1 amide bonds. The second kappa shape index (κ2) is 9.79. The number of esters is 1. The molecule has 0 aromatic heterocycles. The Kier molecular flexibility index (Phi) is 7.43. The fourth-order valence-electron chi connectivity index (χ4n) is 2.42. The van der Waals surface area contributed by atoms with Crippen molar-refractivity contribution in [2.45, 2.75) is 13.0 Å². The summed E-state index contributed by atoms with van der Waals surface area (Å²) in [6, 6.07) is 6.40. The van der Waals surface area contributed by atoms with Crippen molar-refractivity contribution in [2.75, 3.05) is 26.6 Å². The lowest BCUT2D eigenvalue weighted by molar-refractivity contribution is -0.384. The molecule has 2 aromatic rings. The van der Waals surface area contributed by atoms with Gasteiger partial charge in [-0.3, -0.25) is 14.9 Å². The van der Waals surface area contributed by atoms with Gasteiger partial charge in [-0.25, -0.2) is 4.79 Å². The molecule has 11 heteroatoms. The molecule has 2 aromatic carbocycles. The number of hydrogen-bond acceptors (Lipinski definition) is 8. The van der Waals surface area contributed by atoms with Crippen molar-refractivity contribution in [1.29, 1.82) is 0 Å². The molecule has 0 spiro atoms. The average molecular weight is 439 g/mol. The lowest BCUT2D eigenvalue weighted by Gasteiger charge is -2.17. The van der Waals surface area contributed by atoms with Crippen LogP contribution in [0.2, 0.25) is 5.02 Å². The number of nitrogens with zero attached hydrogens (tertiary/aromatic N) is 1. The van der Waals surface area contributed by atoms with E-state index in [1.807, 2.05) is 0 Å². The molecule has 0 saturated heterocycles. The number of non-ortho nitro benzene ring substituents is 1. The SMILES string of the molecule is COc1cc(OC)c(C(=O)OC(C)C(=O)Nc2ccc([N+](=O)[O-])cc2Cl)cc1OC. The molecule has 1 unspecified atom stereocenters. The molecule has 0 aliphatic carbocycles. The highest BCUT2D eigenvalue weighted by atomic mass is 35.5. The molecule has 0 radical (unpaired) electrons. The quantitative estimate of drug-likeness (QED) is 0.377. The van der Waals surface area contributed by atoms with Crippen LogP contribution >= 0.6 is 11.6 Å². The number of amides is 1. The van der Waals surface area contributed by atoms with E-state index >= 15 is 0 Å². The summed E-state index contributed by atoms with van der Waals surface area (Å²) in [5.74, 6) is -0.711. The van der Waals surface area contributed by atoms with Crippen molar-refractivity contribution in [2.24, 2.45) is 0 Å². The smallest absolute Gasteiger partial charge is 0.342 e. The highest BCUT2D eigenvalue weighted by Gasteiger charge is 2.24. The van der Waals surface area contributed by atoms with Crippen LogP contribution in [-0.2, 0) is 9.53 Å². The predicted molar refractivity (Wildman–Crippen MR) is 108 cm³/mol. The minimum absolute atomic E-state index is 0.0300. The molecule has 0 aliphatic heterocycles. The Hall–Kier alpha value is -3.53. The molecule has 0 heterocycles. The normalized spacial score (nSPS) is 11.2. The second-order valence-corrected chi connectivity index (χ2v) is 6.27. The molecule has 0 fully saturated rings. The third-order valence-corrected chi connectivity index (χ3v) is 4.31.